The number of carbonyl (C=O) groups excluding carboxylic acids is 2. The summed E-state index contributed by atoms with van der Waals surface area (Å²) < 4.78 is 42.0. The monoisotopic (exact) mass is 564 g/mol. The van der Waals surface area contributed by atoms with Crippen molar-refractivity contribution in [3.05, 3.63) is 88.6 Å². The molecule has 4 aromatic rings. The SMILES string of the molecule is CCN1CCN(Cc2ccc(C(=O)Nc3ccc(C)c(NC(=O)c4n[nH]c5ccccc45)c3)cc2C(F)(F)F)CC1. The molecular formula is C30H31F3N6O2. The van der Waals surface area contributed by atoms with Crippen molar-refractivity contribution in [3.8, 4) is 0 Å². The minimum absolute atomic E-state index is 0.106. The van der Waals surface area contributed by atoms with E-state index in [-0.39, 0.29) is 23.4 Å². The van der Waals surface area contributed by atoms with Gasteiger partial charge in [-0.1, -0.05) is 37.3 Å². The van der Waals surface area contributed by atoms with Crippen molar-refractivity contribution < 1.29 is 22.8 Å². The summed E-state index contributed by atoms with van der Waals surface area (Å²) in [6, 6.07) is 15.8. The Morgan fingerprint density at radius 3 is 2.39 bits per heavy atom. The summed E-state index contributed by atoms with van der Waals surface area (Å²) in [5.41, 5.74) is 1.67. The number of anilines is 2. The molecule has 11 heteroatoms. The van der Waals surface area contributed by atoms with Crippen LogP contribution in [0.5, 0.6) is 0 Å². The van der Waals surface area contributed by atoms with E-state index >= 15 is 0 Å². The molecule has 0 spiro atoms. The highest BCUT2D eigenvalue weighted by atomic mass is 19.4. The average Bonchev–Trinajstić information content (AvgIpc) is 3.39. The van der Waals surface area contributed by atoms with Crippen molar-refractivity contribution in [2.75, 3.05) is 43.4 Å². The molecule has 8 nitrogen and oxygen atoms in total. The number of fused-ring (bicyclic) bond motifs is 1. The largest absolute Gasteiger partial charge is 0.416 e. The van der Waals surface area contributed by atoms with Crippen LogP contribution in [0.1, 0.15) is 44.5 Å². The summed E-state index contributed by atoms with van der Waals surface area (Å²) in [4.78, 5) is 30.2. The number of para-hydroxylation sites is 1. The molecule has 3 N–H and O–H groups in total. The fraction of sp³-hybridized carbons (Fsp3) is 0.300. The first kappa shape index (κ1) is 28.3. The van der Waals surface area contributed by atoms with E-state index in [1.165, 1.54) is 12.1 Å². The summed E-state index contributed by atoms with van der Waals surface area (Å²) in [6.07, 6.45) is -4.60. The van der Waals surface area contributed by atoms with Crippen molar-refractivity contribution >= 4 is 34.1 Å². The van der Waals surface area contributed by atoms with Crippen LogP contribution in [0.4, 0.5) is 24.5 Å². The predicted octanol–water partition coefficient (Wildman–Crippen LogP) is 5.53. The molecule has 41 heavy (non-hydrogen) atoms. The summed E-state index contributed by atoms with van der Waals surface area (Å²) >= 11 is 0. The number of rotatable bonds is 7. The lowest BCUT2D eigenvalue weighted by Crippen LogP contribution is -2.45. The Labute approximate surface area is 235 Å². The summed E-state index contributed by atoms with van der Waals surface area (Å²) in [7, 11) is 0. The maximum Gasteiger partial charge on any atom is 0.416 e. The molecule has 214 valence electrons. The maximum atomic E-state index is 14.0. The normalized spacial score (nSPS) is 14.8. The van der Waals surface area contributed by atoms with Crippen molar-refractivity contribution in [1.29, 1.82) is 0 Å². The topological polar surface area (TPSA) is 93.4 Å². The molecule has 3 aromatic carbocycles. The smallest absolute Gasteiger partial charge is 0.322 e. The number of benzene rings is 3. The number of amides is 2. The highest BCUT2D eigenvalue weighted by molar-refractivity contribution is 6.11. The van der Waals surface area contributed by atoms with Gasteiger partial charge in [-0.25, -0.2) is 0 Å². The van der Waals surface area contributed by atoms with Crippen LogP contribution in [-0.2, 0) is 12.7 Å². The van der Waals surface area contributed by atoms with Crippen LogP contribution in [0.15, 0.2) is 60.7 Å². The lowest BCUT2D eigenvalue weighted by atomic mass is 10.0. The van der Waals surface area contributed by atoms with Gasteiger partial charge in [-0.3, -0.25) is 19.6 Å². The van der Waals surface area contributed by atoms with Gasteiger partial charge in [-0.05, 0) is 54.9 Å². The number of halogens is 3. The number of carbonyl (C=O) groups is 2. The molecule has 2 amide bonds. The van der Waals surface area contributed by atoms with E-state index in [1.54, 1.807) is 37.3 Å². The molecule has 1 aromatic heterocycles. The number of hydrogen-bond acceptors (Lipinski definition) is 5. The van der Waals surface area contributed by atoms with Gasteiger partial charge in [-0.2, -0.15) is 18.3 Å². The first-order chi connectivity index (χ1) is 19.6. The lowest BCUT2D eigenvalue weighted by Gasteiger charge is -2.34. The van der Waals surface area contributed by atoms with E-state index in [0.717, 1.165) is 36.8 Å². The maximum absolute atomic E-state index is 14.0. The summed E-state index contributed by atoms with van der Waals surface area (Å²) in [5, 5.41) is 13.1. The van der Waals surface area contributed by atoms with Gasteiger partial charge in [0.15, 0.2) is 5.69 Å². The van der Waals surface area contributed by atoms with Gasteiger partial charge in [0.2, 0.25) is 0 Å². The van der Waals surface area contributed by atoms with Gasteiger partial charge in [0.05, 0.1) is 11.1 Å². The minimum Gasteiger partial charge on any atom is -0.322 e. The van der Waals surface area contributed by atoms with Gasteiger partial charge in [0, 0.05) is 55.0 Å². The van der Waals surface area contributed by atoms with E-state index in [1.807, 2.05) is 17.0 Å². The van der Waals surface area contributed by atoms with Gasteiger partial charge in [-0.15, -0.1) is 0 Å². The van der Waals surface area contributed by atoms with Crippen LogP contribution in [0.3, 0.4) is 0 Å². The third-order valence-corrected chi connectivity index (χ3v) is 7.41. The number of H-pyrrole nitrogens is 1. The van der Waals surface area contributed by atoms with E-state index in [0.29, 0.717) is 29.9 Å². The molecule has 1 aliphatic rings. The molecule has 0 atom stereocenters. The van der Waals surface area contributed by atoms with E-state index in [4.69, 9.17) is 0 Å². The van der Waals surface area contributed by atoms with Gasteiger partial charge in [0.25, 0.3) is 11.8 Å². The number of aromatic amines is 1. The number of likely N-dealkylation sites (N-methyl/N-ethyl adjacent to an activating group) is 1. The molecule has 0 aliphatic carbocycles. The third kappa shape index (κ3) is 6.41. The van der Waals surface area contributed by atoms with Crippen LogP contribution in [0, 0.1) is 6.92 Å². The van der Waals surface area contributed by atoms with Crippen molar-refractivity contribution in [2.45, 2.75) is 26.6 Å². The quantitative estimate of drug-likeness (QED) is 0.275. The molecular weight excluding hydrogens is 533 g/mol. The number of hydrogen-bond donors (Lipinski definition) is 3. The van der Waals surface area contributed by atoms with E-state index in [2.05, 4.69) is 32.7 Å². The van der Waals surface area contributed by atoms with Gasteiger partial charge >= 0.3 is 6.18 Å². The van der Waals surface area contributed by atoms with Gasteiger partial charge < -0.3 is 15.5 Å². The molecule has 5 rings (SSSR count). The third-order valence-electron chi connectivity index (χ3n) is 7.41. The summed E-state index contributed by atoms with van der Waals surface area (Å²) in [6.45, 7) is 7.96. The molecule has 1 saturated heterocycles. The number of aromatic nitrogens is 2. The zero-order chi connectivity index (χ0) is 29.1. The minimum atomic E-state index is -4.60. The van der Waals surface area contributed by atoms with E-state index in [9.17, 15) is 22.8 Å². The van der Waals surface area contributed by atoms with Crippen LogP contribution in [0.2, 0.25) is 0 Å². The molecule has 1 fully saturated rings. The zero-order valence-corrected chi connectivity index (χ0v) is 22.8. The number of piperazine rings is 1. The Hall–Kier alpha value is -4.22. The Kier molecular flexibility index (Phi) is 8.09. The average molecular weight is 565 g/mol. The number of aryl methyl sites for hydroxylation is 1. The first-order valence-corrected chi connectivity index (χ1v) is 13.4. The fourth-order valence-corrected chi connectivity index (χ4v) is 4.98. The molecule has 1 aliphatic heterocycles. The Bertz CT molecular complexity index is 1570. The number of nitrogens with zero attached hydrogens (tertiary/aromatic N) is 3. The van der Waals surface area contributed by atoms with Crippen molar-refractivity contribution in [3.63, 3.8) is 0 Å². The molecule has 0 bridgehead atoms. The van der Waals surface area contributed by atoms with Crippen LogP contribution >= 0.6 is 0 Å². The highest BCUT2D eigenvalue weighted by Crippen LogP contribution is 2.34. The molecule has 0 saturated carbocycles. The molecule has 0 unspecified atom stereocenters. The van der Waals surface area contributed by atoms with Gasteiger partial charge in [0.1, 0.15) is 0 Å². The van der Waals surface area contributed by atoms with Crippen LogP contribution in [-0.4, -0.2) is 64.5 Å². The number of alkyl halides is 3. The Balaban J connectivity index is 1.31. The zero-order valence-electron chi connectivity index (χ0n) is 22.8. The van der Waals surface area contributed by atoms with Crippen molar-refractivity contribution in [2.24, 2.45) is 0 Å². The second-order valence-electron chi connectivity index (χ2n) is 10.1. The lowest BCUT2D eigenvalue weighted by molar-refractivity contribution is -0.138. The second kappa shape index (κ2) is 11.7. The second-order valence-corrected chi connectivity index (χ2v) is 10.1. The van der Waals surface area contributed by atoms with Crippen molar-refractivity contribution in [1.82, 2.24) is 20.0 Å². The standard InChI is InChI=1S/C30H31F3N6O2/c1-3-38-12-14-39(15-13-38)18-21-10-9-20(16-24(21)30(31,32)33)28(40)34-22-11-8-19(2)26(17-22)35-29(41)27-23-6-4-5-7-25(23)36-37-27/h4-11,16-17H,3,12-15,18H2,1-2H3,(H,34,40)(H,35,41)(H,36,37). The highest BCUT2D eigenvalue weighted by Gasteiger charge is 2.34. The van der Waals surface area contributed by atoms with Crippen LogP contribution in [0.25, 0.3) is 10.9 Å². The molecule has 2 heterocycles. The Morgan fingerprint density at radius 1 is 0.927 bits per heavy atom. The fourth-order valence-electron chi connectivity index (χ4n) is 4.98. The number of nitrogens with one attached hydrogen (secondary N) is 3. The van der Waals surface area contributed by atoms with E-state index < -0.39 is 23.6 Å². The first-order valence-electron chi connectivity index (χ1n) is 13.4. The van der Waals surface area contributed by atoms with Crippen LogP contribution < -0.4 is 10.6 Å². The Morgan fingerprint density at radius 2 is 1.66 bits per heavy atom. The predicted molar refractivity (Wildman–Crippen MR) is 152 cm³/mol. The summed E-state index contributed by atoms with van der Waals surface area (Å²) in [5.74, 6) is -1.12. The molecule has 0 radical (unpaired) electrons.